The van der Waals surface area contributed by atoms with Gasteiger partial charge >= 0.3 is 0 Å². The topological polar surface area (TPSA) is 50.2 Å². The van der Waals surface area contributed by atoms with Crippen molar-refractivity contribution in [2.24, 2.45) is 15.0 Å². The minimum atomic E-state index is -0.952. The van der Waals surface area contributed by atoms with Crippen LogP contribution in [0, 0.1) is 11.6 Å². The van der Waals surface area contributed by atoms with E-state index < -0.39 is 11.6 Å². The Labute approximate surface area is 165 Å². The zero-order chi connectivity index (χ0) is 19.8. The van der Waals surface area contributed by atoms with Gasteiger partial charge in [-0.1, -0.05) is 36.4 Å². The van der Waals surface area contributed by atoms with Gasteiger partial charge in [0.15, 0.2) is 17.5 Å². The fourth-order valence-corrected chi connectivity index (χ4v) is 3.36. The third kappa shape index (κ3) is 3.33. The van der Waals surface area contributed by atoms with Gasteiger partial charge in [0.1, 0.15) is 11.5 Å². The summed E-state index contributed by atoms with van der Waals surface area (Å²) in [6.45, 7) is 0. The average Bonchev–Trinajstić information content (AvgIpc) is 3.37. The first kappa shape index (κ1) is 17.4. The normalized spacial score (nSPS) is 17.6. The average molecular weight is 387 g/mol. The fourth-order valence-electron chi connectivity index (χ4n) is 3.36. The molecule has 0 radical (unpaired) electrons. The Bertz CT molecular complexity index is 1210. The SMILES string of the molecule is Fc1cccc(C2=NC3=CC(Cc4cc(-c5ccccc5)co4)N=CC3=N2)c1F. The summed E-state index contributed by atoms with van der Waals surface area (Å²) in [5.41, 5.74) is 3.29. The van der Waals surface area contributed by atoms with E-state index in [1.54, 1.807) is 12.5 Å². The second kappa shape index (κ2) is 7.05. The number of aliphatic imine (C=N–C) groups is 3. The van der Waals surface area contributed by atoms with E-state index in [2.05, 4.69) is 15.0 Å². The molecule has 4 nitrogen and oxygen atoms in total. The van der Waals surface area contributed by atoms with Crippen molar-refractivity contribution in [3.05, 3.63) is 95.6 Å². The molecule has 1 aromatic heterocycles. The number of benzene rings is 2. The lowest BCUT2D eigenvalue weighted by molar-refractivity contribution is 0.500. The van der Waals surface area contributed by atoms with Gasteiger partial charge in [-0.05, 0) is 29.8 Å². The van der Waals surface area contributed by atoms with E-state index >= 15 is 0 Å². The number of allylic oxidation sites excluding steroid dienone is 1. The molecule has 2 aliphatic heterocycles. The van der Waals surface area contributed by atoms with Crippen LogP contribution in [0.4, 0.5) is 8.78 Å². The molecule has 3 aromatic rings. The van der Waals surface area contributed by atoms with E-state index in [-0.39, 0.29) is 17.4 Å². The van der Waals surface area contributed by atoms with Crippen LogP contribution in [-0.2, 0) is 6.42 Å². The van der Waals surface area contributed by atoms with Crippen LogP contribution in [0.5, 0.6) is 0 Å². The van der Waals surface area contributed by atoms with Gasteiger partial charge in [0, 0.05) is 18.2 Å². The molecule has 0 saturated carbocycles. The van der Waals surface area contributed by atoms with Crippen LogP contribution >= 0.6 is 0 Å². The number of furan rings is 1. The highest BCUT2D eigenvalue weighted by molar-refractivity contribution is 6.43. The van der Waals surface area contributed by atoms with Crippen molar-refractivity contribution in [1.82, 2.24) is 0 Å². The molecule has 0 saturated heterocycles. The first-order chi connectivity index (χ1) is 14.2. The third-order valence-corrected chi connectivity index (χ3v) is 4.82. The van der Waals surface area contributed by atoms with Crippen molar-refractivity contribution in [2.75, 3.05) is 0 Å². The number of dihydropyridines is 1. The summed E-state index contributed by atoms with van der Waals surface area (Å²) in [6.07, 6.45) is 5.79. The van der Waals surface area contributed by atoms with Gasteiger partial charge in [0.2, 0.25) is 0 Å². The number of fused-ring (bicyclic) bond motifs is 1. The maximum Gasteiger partial charge on any atom is 0.169 e. The summed E-state index contributed by atoms with van der Waals surface area (Å²) in [5, 5.41) is 0. The maximum atomic E-state index is 14.0. The molecule has 0 fully saturated rings. The van der Waals surface area contributed by atoms with E-state index in [0.29, 0.717) is 17.8 Å². The van der Waals surface area contributed by atoms with Gasteiger partial charge in [0.05, 0.1) is 23.6 Å². The smallest absolute Gasteiger partial charge is 0.169 e. The molecule has 1 unspecified atom stereocenters. The Balaban J connectivity index is 1.37. The largest absolute Gasteiger partial charge is 0.469 e. The molecule has 0 bridgehead atoms. The minimum Gasteiger partial charge on any atom is -0.469 e. The second-order valence-corrected chi connectivity index (χ2v) is 6.80. The lowest BCUT2D eigenvalue weighted by Crippen LogP contribution is -2.15. The molecule has 6 heteroatoms. The molecule has 3 heterocycles. The van der Waals surface area contributed by atoms with Crippen LogP contribution in [-0.4, -0.2) is 23.8 Å². The molecule has 0 aliphatic carbocycles. The lowest BCUT2D eigenvalue weighted by Gasteiger charge is -2.10. The van der Waals surface area contributed by atoms with E-state index in [4.69, 9.17) is 4.42 Å². The zero-order valence-corrected chi connectivity index (χ0v) is 15.2. The summed E-state index contributed by atoms with van der Waals surface area (Å²) in [7, 11) is 0. The van der Waals surface area contributed by atoms with Crippen molar-refractivity contribution in [1.29, 1.82) is 0 Å². The molecule has 2 aliphatic rings. The Hall–Kier alpha value is -3.67. The van der Waals surface area contributed by atoms with Gasteiger partial charge < -0.3 is 4.42 Å². The molecule has 1 atom stereocenters. The quantitative estimate of drug-likeness (QED) is 0.621. The lowest BCUT2D eigenvalue weighted by atomic mass is 10.1. The second-order valence-electron chi connectivity index (χ2n) is 6.80. The Morgan fingerprint density at radius 1 is 0.931 bits per heavy atom. The standard InChI is InChI=1S/C23H15F2N3O/c24-19-8-4-7-18(22(19)25)23-27-20-11-16(26-12-21(20)28-23)10-17-9-15(13-29-17)14-5-2-1-3-6-14/h1-9,11-13,16H,10H2. The molecule has 29 heavy (non-hydrogen) atoms. The van der Waals surface area contributed by atoms with Crippen LogP contribution in [0.3, 0.4) is 0 Å². The Morgan fingerprint density at radius 3 is 2.66 bits per heavy atom. The molecule has 0 spiro atoms. The van der Waals surface area contributed by atoms with Crippen LogP contribution in [0.1, 0.15) is 11.3 Å². The van der Waals surface area contributed by atoms with Crippen LogP contribution in [0.2, 0.25) is 0 Å². The predicted molar refractivity (Wildman–Crippen MR) is 109 cm³/mol. The fraction of sp³-hybridized carbons (Fsp3) is 0.0870. The Kier molecular flexibility index (Phi) is 4.24. The highest BCUT2D eigenvalue weighted by atomic mass is 19.2. The van der Waals surface area contributed by atoms with Gasteiger partial charge in [0.25, 0.3) is 0 Å². The summed E-state index contributed by atoms with van der Waals surface area (Å²) in [5.74, 6) is -0.915. The first-order valence-electron chi connectivity index (χ1n) is 9.17. The highest BCUT2D eigenvalue weighted by Crippen LogP contribution is 2.25. The molecular weight excluding hydrogens is 372 g/mol. The van der Waals surface area contributed by atoms with E-state index in [1.165, 1.54) is 12.1 Å². The number of hydrogen-bond acceptors (Lipinski definition) is 4. The monoisotopic (exact) mass is 387 g/mol. The van der Waals surface area contributed by atoms with Crippen molar-refractivity contribution in [3.63, 3.8) is 0 Å². The van der Waals surface area contributed by atoms with Crippen LogP contribution in [0.15, 0.2) is 92.0 Å². The van der Waals surface area contributed by atoms with Crippen molar-refractivity contribution >= 4 is 17.8 Å². The van der Waals surface area contributed by atoms with Crippen molar-refractivity contribution < 1.29 is 13.2 Å². The highest BCUT2D eigenvalue weighted by Gasteiger charge is 2.24. The summed E-state index contributed by atoms with van der Waals surface area (Å²) < 4.78 is 33.2. The molecular formula is C23H15F2N3O. The van der Waals surface area contributed by atoms with E-state index in [9.17, 15) is 8.78 Å². The molecule has 2 aromatic carbocycles. The van der Waals surface area contributed by atoms with Crippen molar-refractivity contribution in [2.45, 2.75) is 12.5 Å². The molecule has 0 N–H and O–H groups in total. The van der Waals surface area contributed by atoms with E-state index in [1.807, 2.05) is 42.5 Å². The Morgan fingerprint density at radius 2 is 1.79 bits per heavy atom. The van der Waals surface area contributed by atoms with Crippen LogP contribution in [0.25, 0.3) is 11.1 Å². The van der Waals surface area contributed by atoms with Gasteiger partial charge in [-0.25, -0.2) is 18.8 Å². The first-order valence-corrected chi connectivity index (χ1v) is 9.17. The molecule has 142 valence electrons. The third-order valence-electron chi connectivity index (χ3n) is 4.82. The minimum absolute atomic E-state index is 0.0382. The number of nitrogens with zero attached hydrogens (tertiary/aromatic N) is 3. The zero-order valence-electron chi connectivity index (χ0n) is 15.2. The van der Waals surface area contributed by atoms with E-state index in [0.717, 1.165) is 23.0 Å². The summed E-state index contributed by atoms with van der Waals surface area (Å²) in [4.78, 5) is 13.1. The van der Waals surface area contributed by atoms with Gasteiger partial charge in [-0.15, -0.1) is 0 Å². The van der Waals surface area contributed by atoms with Crippen molar-refractivity contribution in [3.8, 4) is 11.1 Å². The number of amidine groups is 1. The number of rotatable bonds is 4. The summed E-state index contributed by atoms with van der Waals surface area (Å²) >= 11 is 0. The maximum absolute atomic E-state index is 14.0. The van der Waals surface area contributed by atoms with Gasteiger partial charge in [-0.3, -0.25) is 4.99 Å². The number of hydrogen-bond donors (Lipinski definition) is 0. The summed E-state index contributed by atoms with van der Waals surface area (Å²) in [6, 6.07) is 15.8. The van der Waals surface area contributed by atoms with Crippen LogP contribution < -0.4 is 0 Å². The molecule has 5 rings (SSSR count). The van der Waals surface area contributed by atoms with Gasteiger partial charge in [-0.2, -0.15) is 0 Å². The molecule has 0 amide bonds. The predicted octanol–water partition coefficient (Wildman–Crippen LogP) is 5.01. The number of halogens is 2.